The molecule has 10 atom stereocenters. The number of aliphatic hydroxyl groups excluding tert-OH is 1. The number of hydroxylamine groups is 2. The molecule has 8 nitrogen and oxygen atoms in total. The van der Waals surface area contributed by atoms with Crippen LogP contribution in [0, 0.1) is 46.3 Å². The molecule has 5 rings (SSSR count). The quantitative estimate of drug-likeness (QED) is 0.289. The van der Waals surface area contributed by atoms with E-state index < -0.39 is 29.1 Å². The maximum absolute atomic E-state index is 13.2. The minimum atomic E-state index is -0.873. The van der Waals surface area contributed by atoms with E-state index in [0.717, 1.165) is 50.0 Å². The first-order valence-corrected chi connectivity index (χ1v) is 16.6. The van der Waals surface area contributed by atoms with E-state index in [1.54, 1.807) is 20.8 Å². The fourth-order valence-electron chi connectivity index (χ4n) is 11.0. The first kappa shape index (κ1) is 32.6. The fraction of sp³-hybridized carbons (Fsp3) is 0.857. The third-order valence-electron chi connectivity index (χ3n) is 12.9. The molecule has 3 saturated carbocycles. The number of ketones is 1. The number of carbonyl (C=O) groups is 3. The minimum Gasteiger partial charge on any atom is -0.463 e. The molecule has 0 spiro atoms. The van der Waals surface area contributed by atoms with Gasteiger partial charge in [0.05, 0.1) is 17.6 Å². The molecule has 0 bridgehead atoms. The van der Waals surface area contributed by atoms with Crippen LogP contribution in [0.15, 0.2) is 11.6 Å². The summed E-state index contributed by atoms with van der Waals surface area (Å²) in [4.78, 5) is 37.9. The number of rotatable bonds is 7. The molecular formula is C35H54NO7. The number of hydrogen-bond acceptors (Lipinski definition) is 7. The molecule has 4 aliphatic carbocycles. The number of fused-ring (bicyclic) bond motifs is 5. The van der Waals surface area contributed by atoms with Crippen molar-refractivity contribution in [1.82, 2.24) is 5.06 Å². The predicted octanol–water partition coefficient (Wildman–Crippen LogP) is 5.83. The molecule has 1 radical (unpaired) electrons. The number of hydrogen-bond donors (Lipinski definition) is 1. The summed E-state index contributed by atoms with van der Waals surface area (Å²) < 4.78 is 11.2. The average molecular weight is 601 g/mol. The van der Waals surface area contributed by atoms with Gasteiger partial charge in [0.15, 0.2) is 0 Å². The summed E-state index contributed by atoms with van der Waals surface area (Å²) in [6, 6.07) is 0. The SMILES string of the molecule is CC(=O)O[C@H]1CC[C@@]2(C)C(=CC[C@H]3[C@@H]4C[C@@H](CC(O)COC(=O)C5CC(C)(C)N([O])C5(C)C)[C@H](C(C)=O)[C@@]4(C)CC[C@@H]32)C1. The summed E-state index contributed by atoms with van der Waals surface area (Å²) in [5.74, 6) is 0.340. The summed E-state index contributed by atoms with van der Waals surface area (Å²) in [6.07, 6.45) is 9.09. The molecule has 8 heteroatoms. The topological polar surface area (TPSA) is 113 Å². The van der Waals surface area contributed by atoms with Gasteiger partial charge in [-0.2, -0.15) is 0 Å². The Morgan fingerprint density at radius 3 is 2.35 bits per heavy atom. The van der Waals surface area contributed by atoms with Crippen molar-refractivity contribution in [3.05, 3.63) is 11.6 Å². The van der Waals surface area contributed by atoms with E-state index in [4.69, 9.17) is 9.47 Å². The van der Waals surface area contributed by atoms with E-state index in [0.29, 0.717) is 30.6 Å². The standard InChI is InChI=1S/C35H54NO7/c1-20(37)30-22(15-24(39)19-42-31(40)29-18-32(3,4)36(41)33(29,5)6)16-28-26-10-9-23-17-25(43-21(2)38)11-13-34(23,7)27(26)12-14-35(28,30)8/h9,22,24-30,39H,10-19H2,1-8H3/t22-,24?,25+,26-,27+,28+,29?,30+,34+,35+/m1/s1. The molecule has 4 fully saturated rings. The highest BCUT2D eigenvalue weighted by molar-refractivity contribution is 5.80. The zero-order valence-electron chi connectivity index (χ0n) is 27.6. The second kappa shape index (κ2) is 11.2. The van der Waals surface area contributed by atoms with Crippen molar-refractivity contribution in [2.45, 2.75) is 136 Å². The highest BCUT2D eigenvalue weighted by Gasteiger charge is 2.62. The molecule has 1 N–H and O–H groups in total. The summed E-state index contributed by atoms with van der Waals surface area (Å²) >= 11 is 0. The van der Waals surface area contributed by atoms with E-state index in [2.05, 4.69) is 19.9 Å². The van der Waals surface area contributed by atoms with Crippen LogP contribution in [0.3, 0.4) is 0 Å². The maximum Gasteiger partial charge on any atom is 0.311 e. The van der Waals surface area contributed by atoms with Crippen molar-refractivity contribution < 1.29 is 34.2 Å². The third-order valence-corrected chi connectivity index (χ3v) is 12.9. The van der Waals surface area contributed by atoms with Crippen LogP contribution in [0.5, 0.6) is 0 Å². The number of Topliss-reactive ketones (excluding diaryl/α,β-unsaturated/α-hetero) is 1. The summed E-state index contributed by atoms with van der Waals surface area (Å²) in [7, 11) is 0. The van der Waals surface area contributed by atoms with Crippen molar-refractivity contribution in [3.8, 4) is 0 Å². The van der Waals surface area contributed by atoms with Crippen molar-refractivity contribution >= 4 is 17.7 Å². The van der Waals surface area contributed by atoms with Crippen molar-refractivity contribution in [2.75, 3.05) is 6.61 Å². The lowest BCUT2D eigenvalue weighted by Gasteiger charge is -2.58. The summed E-state index contributed by atoms with van der Waals surface area (Å²) in [6.45, 7) is 15.0. The van der Waals surface area contributed by atoms with Crippen LogP contribution in [0.2, 0.25) is 0 Å². The van der Waals surface area contributed by atoms with Crippen molar-refractivity contribution in [1.29, 1.82) is 0 Å². The average Bonchev–Trinajstić information content (AvgIpc) is 3.29. The second-order valence-corrected chi connectivity index (χ2v) is 16.4. The van der Waals surface area contributed by atoms with Gasteiger partial charge >= 0.3 is 11.9 Å². The Balaban J connectivity index is 1.26. The Labute approximate surface area is 257 Å². The van der Waals surface area contributed by atoms with Crippen molar-refractivity contribution in [3.63, 3.8) is 0 Å². The van der Waals surface area contributed by atoms with Gasteiger partial charge in [0, 0.05) is 24.8 Å². The molecule has 0 aromatic carbocycles. The van der Waals surface area contributed by atoms with Crippen LogP contribution in [0.4, 0.5) is 0 Å². The Kier molecular flexibility index (Phi) is 8.52. The van der Waals surface area contributed by atoms with Gasteiger partial charge in [0.1, 0.15) is 18.5 Å². The van der Waals surface area contributed by atoms with E-state index >= 15 is 0 Å². The maximum atomic E-state index is 13.2. The van der Waals surface area contributed by atoms with Crippen LogP contribution in [0.1, 0.15) is 113 Å². The number of allylic oxidation sites excluding steroid dienone is 1. The largest absolute Gasteiger partial charge is 0.463 e. The molecular weight excluding hydrogens is 546 g/mol. The van der Waals surface area contributed by atoms with Gasteiger partial charge in [-0.25, -0.2) is 0 Å². The highest BCUT2D eigenvalue weighted by atomic mass is 16.5. The third kappa shape index (κ3) is 5.52. The van der Waals surface area contributed by atoms with Crippen LogP contribution in [0.25, 0.3) is 0 Å². The van der Waals surface area contributed by atoms with Gasteiger partial charge in [-0.3, -0.25) is 14.4 Å². The molecule has 43 heavy (non-hydrogen) atoms. The number of carbonyl (C=O) groups excluding carboxylic acids is 3. The number of aliphatic hydroxyl groups is 1. The summed E-state index contributed by atoms with van der Waals surface area (Å²) in [5, 5.41) is 24.9. The zero-order valence-corrected chi connectivity index (χ0v) is 27.6. The first-order valence-electron chi connectivity index (χ1n) is 16.6. The Morgan fingerprint density at radius 1 is 1.05 bits per heavy atom. The van der Waals surface area contributed by atoms with Crippen LogP contribution < -0.4 is 0 Å². The van der Waals surface area contributed by atoms with E-state index in [-0.39, 0.29) is 47.1 Å². The second-order valence-electron chi connectivity index (χ2n) is 16.4. The normalized spacial score (nSPS) is 42.2. The van der Waals surface area contributed by atoms with Gasteiger partial charge in [0.25, 0.3) is 0 Å². The monoisotopic (exact) mass is 600 g/mol. The van der Waals surface area contributed by atoms with Gasteiger partial charge in [-0.05, 0) is 120 Å². The van der Waals surface area contributed by atoms with E-state index in [1.165, 1.54) is 12.5 Å². The van der Waals surface area contributed by atoms with E-state index in [9.17, 15) is 24.7 Å². The molecule has 241 valence electrons. The van der Waals surface area contributed by atoms with Crippen molar-refractivity contribution in [2.24, 2.45) is 46.3 Å². The number of ether oxygens (including phenoxy) is 2. The molecule has 0 aromatic rings. The lowest BCUT2D eigenvalue weighted by Crippen LogP contribution is -2.51. The molecule has 2 unspecified atom stereocenters. The smallest absolute Gasteiger partial charge is 0.311 e. The molecule has 1 saturated heterocycles. The van der Waals surface area contributed by atoms with Gasteiger partial charge in [0.2, 0.25) is 0 Å². The minimum absolute atomic E-state index is 0.0266. The van der Waals surface area contributed by atoms with E-state index in [1.807, 2.05) is 13.8 Å². The van der Waals surface area contributed by atoms with Crippen LogP contribution in [-0.2, 0) is 29.1 Å². The van der Waals surface area contributed by atoms with Gasteiger partial charge < -0.3 is 14.6 Å². The lowest BCUT2D eigenvalue weighted by atomic mass is 9.47. The van der Waals surface area contributed by atoms with Crippen LogP contribution in [-0.4, -0.2) is 57.8 Å². The summed E-state index contributed by atoms with van der Waals surface area (Å²) in [5.41, 5.74) is -0.0921. The first-order chi connectivity index (χ1) is 19.9. The Hall–Kier alpha value is -1.77. The van der Waals surface area contributed by atoms with Crippen LogP contribution >= 0.6 is 0 Å². The van der Waals surface area contributed by atoms with Gasteiger partial charge in [-0.15, -0.1) is 10.3 Å². The Bertz CT molecular complexity index is 1160. The fourth-order valence-corrected chi connectivity index (χ4v) is 11.0. The lowest BCUT2D eigenvalue weighted by molar-refractivity contribution is -0.249. The molecule has 5 aliphatic rings. The molecule has 0 aromatic heterocycles. The highest BCUT2D eigenvalue weighted by Crippen LogP contribution is 2.68. The number of esters is 2. The predicted molar refractivity (Wildman–Crippen MR) is 161 cm³/mol. The van der Waals surface area contributed by atoms with Gasteiger partial charge in [-0.1, -0.05) is 25.5 Å². The molecule has 0 amide bonds. The molecule has 1 aliphatic heterocycles. The molecule has 1 heterocycles. The number of nitrogens with zero attached hydrogens (tertiary/aromatic N) is 1. The zero-order chi connectivity index (χ0) is 31.7. The Morgan fingerprint density at radius 2 is 1.74 bits per heavy atom.